The molecule has 11 atom stereocenters. The van der Waals surface area contributed by atoms with Crippen LogP contribution < -0.4 is 0 Å². The molecule has 2 aliphatic rings. The monoisotopic (exact) mass is 907 g/mol. The van der Waals surface area contributed by atoms with Crippen molar-refractivity contribution >= 4 is 0 Å². The molecule has 1 heterocycles. The Morgan fingerprint density at radius 1 is 0.418 bits per heavy atom. The average molecular weight is 908 g/mol. The Bertz CT molecular complexity index is 2370. The number of aliphatic hydroxyl groups is 2. The van der Waals surface area contributed by atoms with Gasteiger partial charge in [-0.2, -0.15) is 0 Å². The van der Waals surface area contributed by atoms with Gasteiger partial charge >= 0.3 is 0 Å². The van der Waals surface area contributed by atoms with Gasteiger partial charge in [0.05, 0.1) is 52.4 Å². The van der Waals surface area contributed by atoms with Crippen molar-refractivity contribution in [3.63, 3.8) is 0 Å². The van der Waals surface area contributed by atoms with E-state index in [2.05, 4.69) is 10.0 Å². The van der Waals surface area contributed by atoms with E-state index in [0.29, 0.717) is 0 Å². The first kappa shape index (κ1) is 47.7. The second-order valence-corrected chi connectivity index (χ2v) is 16.6. The lowest BCUT2D eigenvalue weighted by Gasteiger charge is -2.50. The summed E-state index contributed by atoms with van der Waals surface area (Å²) in [7, 11) is 0. The molecule has 0 aromatic heterocycles. The number of ether oxygens (including phenoxy) is 8. The van der Waals surface area contributed by atoms with Gasteiger partial charge in [0.15, 0.2) is 6.29 Å². The Balaban J connectivity index is 1.17. The summed E-state index contributed by atoms with van der Waals surface area (Å²) in [5, 5.41) is 29.0. The number of benzene rings is 6. The molecule has 6 aromatic rings. The lowest BCUT2D eigenvalue weighted by Crippen LogP contribution is -2.69. The summed E-state index contributed by atoms with van der Waals surface area (Å²) in [6.07, 6.45) is -11.4. The molecule has 1 saturated heterocycles. The van der Waals surface area contributed by atoms with Crippen molar-refractivity contribution < 1.29 is 48.1 Å². The molecular formula is C54H57N3O10. The van der Waals surface area contributed by atoms with Crippen LogP contribution in [-0.4, -0.2) is 84.1 Å². The van der Waals surface area contributed by atoms with Gasteiger partial charge in [0.25, 0.3) is 0 Å². The molecule has 1 aliphatic carbocycles. The van der Waals surface area contributed by atoms with Crippen molar-refractivity contribution in [1.82, 2.24) is 0 Å². The van der Waals surface area contributed by atoms with E-state index in [4.69, 9.17) is 37.9 Å². The average Bonchev–Trinajstić information content (AvgIpc) is 3.38. The van der Waals surface area contributed by atoms with E-state index < -0.39 is 67.3 Å². The SMILES string of the molecule is [N-]=[N+]=N[C@H]1[C@H](O[C@H]2[C@H](O)[C@H](OCc3ccccc3)[C@@H](OCc3ccccc3)[C@H](OCc3ccccc3)[C@H]2OCc2ccccc2)O[C@H](COCc2ccccc2)[C@@H](O)[C@@H]1OCc1ccccc1. The second kappa shape index (κ2) is 24.8. The van der Waals surface area contributed by atoms with Gasteiger partial charge in [-0.25, -0.2) is 0 Å². The molecule has 8 rings (SSSR count). The van der Waals surface area contributed by atoms with E-state index in [-0.39, 0.29) is 46.2 Å². The summed E-state index contributed by atoms with van der Waals surface area (Å²) in [6.45, 7) is 0.865. The minimum absolute atomic E-state index is 0.0632. The molecule has 0 amide bonds. The van der Waals surface area contributed by atoms with Crippen molar-refractivity contribution in [2.45, 2.75) is 107 Å². The van der Waals surface area contributed by atoms with Crippen LogP contribution in [0.2, 0.25) is 0 Å². The number of nitrogens with zero attached hydrogens (tertiary/aromatic N) is 3. The molecular weight excluding hydrogens is 851 g/mol. The largest absolute Gasteiger partial charge is 0.388 e. The van der Waals surface area contributed by atoms with E-state index in [1.165, 1.54) is 0 Å². The Morgan fingerprint density at radius 2 is 0.746 bits per heavy atom. The number of azide groups is 1. The predicted octanol–water partition coefficient (Wildman–Crippen LogP) is 8.65. The van der Waals surface area contributed by atoms with Crippen molar-refractivity contribution in [3.05, 3.63) is 226 Å². The Hall–Kier alpha value is -5.77. The van der Waals surface area contributed by atoms with Crippen molar-refractivity contribution in [1.29, 1.82) is 0 Å². The zero-order valence-corrected chi connectivity index (χ0v) is 37.1. The fourth-order valence-electron chi connectivity index (χ4n) is 8.44. The third-order valence-electron chi connectivity index (χ3n) is 11.9. The van der Waals surface area contributed by atoms with E-state index in [1.54, 1.807) is 0 Å². The van der Waals surface area contributed by atoms with Crippen LogP contribution in [0.15, 0.2) is 187 Å². The summed E-state index contributed by atoms with van der Waals surface area (Å²) in [5.41, 5.74) is 15.4. The van der Waals surface area contributed by atoms with Crippen LogP contribution in [0.4, 0.5) is 0 Å². The minimum atomic E-state index is -1.43. The van der Waals surface area contributed by atoms with E-state index in [9.17, 15) is 15.7 Å². The highest BCUT2D eigenvalue weighted by molar-refractivity contribution is 5.19. The highest BCUT2D eigenvalue weighted by Crippen LogP contribution is 2.37. The van der Waals surface area contributed by atoms with Crippen LogP contribution in [0.25, 0.3) is 10.4 Å². The third-order valence-corrected chi connectivity index (χ3v) is 11.9. The maximum absolute atomic E-state index is 12.9. The molecule has 67 heavy (non-hydrogen) atoms. The molecule has 0 spiro atoms. The van der Waals surface area contributed by atoms with Gasteiger partial charge in [-0.05, 0) is 38.9 Å². The number of rotatable bonds is 22. The number of hydrogen-bond acceptors (Lipinski definition) is 11. The first-order chi connectivity index (χ1) is 33.0. The molecule has 6 aromatic carbocycles. The summed E-state index contributed by atoms with van der Waals surface area (Å²) in [5.74, 6) is 0. The van der Waals surface area contributed by atoms with Gasteiger partial charge in [-0.1, -0.05) is 187 Å². The Labute approximate surface area is 391 Å². The van der Waals surface area contributed by atoms with E-state index in [0.717, 1.165) is 33.4 Å². The molecule has 348 valence electrons. The fraction of sp³-hybridized carbons (Fsp3) is 0.333. The number of hydrogen-bond donors (Lipinski definition) is 2. The van der Waals surface area contributed by atoms with Gasteiger partial charge in [0, 0.05) is 4.91 Å². The molecule has 0 radical (unpaired) electrons. The first-order valence-corrected chi connectivity index (χ1v) is 22.6. The van der Waals surface area contributed by atoms with Crippen LogP contribution >= 0.6 is 0 Å². The molecule has 13 nitrogen and oxygen atoms in total. The Kier molecular flexibility index (Phi) is 17.7. The van der Waals surface area contributed by atoms with E-state index in [1.807, 2.05) is 182 Å². The Morgan fingerprint density at radius 3 is 1.13 bits per heavy atom. The third kappa shape index (κ3) is 13.2. The quantitative estimate of drug-likeness (QED) is 0.0383. The highest BCUT2D eigenvalue weighted by atomic mass is 16.7. The van der Waals surface area contributed by atoms with Gasteiger partial charge < -0.3 is 48.1 Å². The van der Waals surface area contributed by atoms with Gasteiger partial charge in [-0.15, -0.1) is 0 Å². The second-order valence-electron chi connectivity index (χ2n) is 16.6. The van der Waals surface area contributed by atoms with Crippen LogP contribution in [0.5, 0.6) is 0 Å². The normalized spacial score (nSPS) is 26.1. The lowest BCUT2D eigenvalue weighted by molar-refractivity contribution is -0.335. The van der Waals surface area contributed by atoms with Gasteiger partial charge in [0.2, 0.25) is 0 Å². The van der Waals surface area contributed by atoms with Crippen LogP contribution in [0.3, 0.4) is 0 Å². The minimum Gasteiger partial charge on any atom is -0.388 e. The topological polar surface area (TPSA) is 163 Å². The van der Waals surface area contributed by atoms with Crippen molar-refractivity contribution in [2.75, 3.05) is 6.61 Å². The smallest absolute Gasteiger partial charge is 0.169 e. The van der Waals surface area contributed by atoms with Crippen LogP contribution in [-0.2, 0) is 77.5 Å². The fourth-order valence-corrected chi connectivity index (χ4v) is 8.44. The molecule has 13 heteroatoms. The molecule has 1 aliphatic heterocycles. The molecule has 2 fully saturated rings. The van der Waals surface area contributed by atoms with Gasteiger partial charge in [-0.3, -0.25) is 0 Å². The van der Waals surface area contributed by atoms with E-state index >= 15 is 0 Å². The van der Waals surface area contributed by atoms with Crippen molar-refractivity contribution in [3.8, 4) is 0 Å². The predicted molar refractivity (Wildman–Crippen MR) is 250 cm³/mol. The summed E-state index contributed by atoms with van der Waals surface area (Å²) in [4.78, 5) is 3.18. The zero-order chi connectivity index (χ0) is 46.0. The highest BCUT2D eigenvalue weighted by Gasteiger charge is 2.56. The summed E-state index contributed by atoms with van der Waals surface area (Å²) in [6, 6.07) is 56.7. The first-order valence-electron chi connectivity index (χ1n) is 22.6. The van der Waals surface area contributed by atoms with Gasteiger partial charge in [0.1, 0.15) is 54.9 Å². The molecule has 0 unspecified atom stereocenters. The maximum atomic E-state index is 12.9. The molecule has 0 bridgehead atoms. The molecule has 2 N–H and O–H groups in total. The summed E-state index contributed by atoms with van der Waals surface area (Å²) < 4.78 is 53.4. The van der Waals surface area contributed by atoms with Crippen LogP contribution in [0, 0.1) is 0 Å². The summed E-state index contributed by atoms with van der Waals surface area (Å²) >= 11 is 0. The zero-order valence-electron chi connectivity index (χ0n) is 37.1. The molecule has 1 saturated carbocycles. The lowest BCUT2D eigenvalue weighted by atomic mass is 9.83. The number of aliphatic hydroxyl groups excluding tert-OH is 2. The van der Waals surface area contributed by atoms with Crippen molar-refractivity contribution in [2.24, 2.45) is 5.11 Å². The maximum Gasteiger partial charge on any atom is 0.169 e. The van der Waals surface area contributed by atoms with Crippen LogP contribution in [0.1, 0.15) is 33.4 Å². The standard InChI is InChI=1S/C54H57N3O10/c55-57-56-45-48(61-32-39-21-9-2-10-22-39)46(58)44(37-60-31-38-19-7-1-8-20-38)66-54(45)67-50-47(59)49(62-33-40-23-11-3-12-24-40)51(63-34-41-25-13-4-14-26-41)53(65-36-43-29-17-6-18-30-43)52(50)64-35-42-27-15-5-16-28-42/h1-30,44-54,58-59H,31-37H2/t44-,45-,46-,47-,48-,49+,50+,51-,52+,53+,54+/m1/s1.